The number of aromatic nitrogens is 1. The van der Waals surface area contributed by atoms with E-state index in [1.165, 1.54) is 11.3 Å². The van der Waals surface area contributed by atoms with Gasteiger partial charge in [0.2, 0.25) is 0 Å². The Labute approximate surface area is 160 Å². The van der Waals surface area contributed by atoms with Crippen LogP contribution in [-0.2, 0) is 6.54 Å². The molecule has 138 valence electrons. The van der Waals surface area contributed by atoms with Crippen molar-refractivity contribution in [1.82, 2.24) is 10.3 Å². The number of thiazole rings is 1. The first-order chi connectivity index (χ1) is 13.2. The topological polar surface area (TPSA) is 69.7 Å². The van der Waals surface area contributed by atoms with Crippen LogP contribution < -0.4 is 19.5 Å². The second-order valence-electron chi connectivity index (χ2n) is 5.93. The van der Waals surface area contributed by atoms with Gasteiger partial charge in [0.15, 0.2) is 11.5 Å². The molecule has 7 heteroatoms. The number of hydrogen-bond donors (Lipinski definition) is 1. The molecule has 0 spiro atoms. The normalized spacial score (nSPS) is 12.5. The van der Waals surface area contributed by atoms with E-state index >= 15 is 0 Å². The summed E-state index contributed by atoms with van der Waals surface area (Å²) in [4.78, 5) is 16.8. The van der Waals surface area contributed by atoms with E-state index in [1.807, 2.05) is 42.5 Å². The highest BCUT2D eigenvalue weighted by Crippen LogP contribution is 2.30. The molecule has 1 aliphatic rings. The Morgan fingerprint density at radius 3 is 2.70 bits per heavy atom. The van der Waals surface area contributed by atoms with Crippen molar-refractivity contribution >= 4 is 17.2 Å². The van der Waals surface area contributed by atoms with Crippen LogP contribution in [0, 0.1) is 0 Å². The van der Waals surface area contributed by atoms with Crippen LogP contribution in [0.1, 0.15) is 16.1 Å². The summed E-state index contributed by atoms with van der Waals surface area (Å²) >= 11 is 1.44. The fourth-order valence-corrected chi connectivity index (χ4v) is 3.52. The number of hydrogen-bond acceptors (Lipinski definition) is 6. The molecule has 0 unspecified atom stereocenters. The fraction of sp³-hybridized carbons (Fsp3) is 0.200. The Morgan fingerprint density at radius 2 is 1.93 bits per heavy atom. The lowest BCUT2D eigenvalue weighted by Crippen LogP contribution is -2.23. The van der Waals surface area contributed by atoms with Crippen LogP contribution in [0.5, 0.6) is 17.2 Å². The largest absolute Gasteiger partial charge is 0.497 e. The van der Waals surface area contributed by atoms with E-state index < -0.39 is 0 Å². The van der Waals surface area contributed by atoms with Gasteiger partial charge < -0.3 is 19.5 Å². The van der Waals surface area contributed by atoms with Crippen molar-refractivity contribution in [3.05, 3.63) is 59.1 Å². The number of methoxy groups -OCH3 is 1. The zero-order chi connectivity index (χ0) is 18.6. The molecule has 4 rings (SSSR count). The number of carbonyl (C=O) groups excluding carboxylic acids is 1. The van der Waals surface area contributed by atoms with Gasteiger partial charge in [-0.15, -0.1) is 11.3 Å². The Kier molecular flexibility index (Phi) is 4.93. The number of benzene rings is 2. The first-order valence-corrected chi connectivity index (χ1v) is 9.37. The summed E-state index contributed by atoms with van der Waals surface area (Å²) in [6, 6.07) is 13.3. The number of rotatable bonds is 5. The van der Waals surface area contributed by atoms with E-state index in [2.05, 4.69) is 10.3 Å². The summed E-state index contributed by atoms with van der Waals surface area (Å²) in [5, 5.41) is 5.45. The second-order valence-corrected chi connectivity index (χ2v) is 6.79. The lowest BCUT2D eigenvalue weighted by Gasteiger charge is -2.18. The molecule has 1 aromatic heterocycles. The number of nitrogens with zero attached hydrogens (tertiary/aromatic N) is 1. The van der Waals surface area contributed by atoms with Gasteiger partial charge in [0.25, 0.3) is 5.91 Å². The molecule has 0 radical (unpaired) electrons. The summed E-state index contributed by atoms with van der Waals surface area (Å²) in [7, 11) is 1.63. The summed E-state index contributed by atoms with van der Waals surface area (Å²) < 4.78 is 16.2. The zero-order valence-corrected chi connectivity index (χ0v) is 15.5. The first kappa shape index (κ1) is 17.4. The van der Waals surface area contributed by atoms with Crippen molar-refractivity contribution in [1.29, 1.82) is 0 Å². The second kappa shape index (κ2) is 7.67. The number of nitrogens with one attached hydrogen (secondary N) is 1. The van der Waals surface area contributed by atoms with Gasteiger partial charge >= 0.3 is 0 Å². The predicted octanol–water partition coefficient (Wildman–Crippen LogP) is 3.52. The third kappa shape index (κ3) is 3.88. The number of fused-ring (bicyclic) bond motifs is 1. The van der Waals surface area contributed by atoms with Gasteiger partial charge in [-0.2, -0.15) is 0 Å². The lowest BCUT2D eigenvalue weighted by molar-refractivity contribution is 0.0946. The zero-order valence-electron chi connectivity index (χ0n) is 14.7. The van der Waals surface area contributed by atoms with E-state index in [4.69, 9.17) is 14.2 Å². The maximum atomic E-state index is 12.4. The predicted molar refractivity (Wildman–Crippen MR) is 103 cm³/mol. The smallest absolute Gasteiger partial charge is 0.271 e. The Bertz CT molecular complexity index is 953. The molecule has 1 aliphatic heterocycles. The highest BCUT2D eigenvalue weighted by atomic mass is 32.1. The molecular formula is C20H18N2O4S. The van der Waals surface area contributed by atoms with E-state index in [0.717, 1.165) is 27.6 Å². The maximum Gasteiger partial charge on any atom is 0.271 e. The fourth-order valence-electron chi connectivity index (χ4n) is 2.71. The van der Waals surface area contributed by atoms with E-state index in [1.54, 1.807) is 12.5 Å². The minimum Gasteiger partial charge on any atom is -0.497 e. The third-order valence-corrected chi connectivity index (χ3v) is 5.02. The van der Waals surface area contributed by atoms with Gasteiger partial charge in [-0.05, 0) is 42.0 Å². The molecule has 3 aromatic rings. The summed E-state index contributed by atoms with van der Waals surface area (Å²) in [5.74, 6) is 2.03. The van der Waals surface area contributed by atoms with Gasteiger partial charge in [-0.25, -0.2) is 4.98 Å². The van der Waals surface area contributed by atoms with Crippen LogP contribution in [0.4, 0.5) is 0 Å². The van der Waals surface area contributed by atoms with Gasteiger partial charge in [0.1, 0.15) is 29.7 Å². The standard InChI is InChI=1S/C20H18N2O4S/c1-24-15-5-3-14(4-6-15)20-22-16(12-27-20)19(23)21-11-13-2-7-17-18(10-13)26-9-8-25-17/h2-7,10,12H,8-9,11H2,1H3,(H,21,23). The molecule has 1 amide bonds. The summed E-state index contributed by atoms with van der Waals surface area (Å²) in [6.07, 6.45) is 0. The molecule has 2 aromatic carbocycles. The van der Waals surface area contributed by atoms with Crippen LogP contribution in [0.15, 0.2) is 47.8 Å². The van der Waals surface area contributed by atoms with Gasteiger partial charge in [-0.3, -0.25) is 4.79 Å². The Hall–Kier alpha value is -3.06. The van der Waals surface area contributed by atoms with E-state index in [0.29, 0.717) is 31.2 Å². The third-order valence-electron chi connectivity index (χ3n) is 4.13. The number of ether oxygens (including phenoxy) is 3. The first-order valence-electron chi connectivity index (χ1n) is 8.49. The Morgan fingerprint density at radius 1 is 1.15 bits per heavy atom. The lowest BCUT2D eigenvalue weighted by atomic mass is 10.2. The van der Waals surface area contributed by atoms with E-state index in [9.17, 15) is 4.79 Å². The average Bonchev–Trinajstić information content (AvgIpc) is 3.22. The molecular weight excluding hydrogens is 364 g/mol. The quantitative estimate of drug-likeness (QED) is 0.731. The van der Waals surface area contributed by atoms with Gasteiger partial charge in [0.05, 0.1) is 7.11 Å². The Balaban J connectivity index is 1.40. The minimum atomic E-state index is -0.207. The molecule has 0 saturated heterocycles. The molecule has 0 saturated carbocycles. The highest BCUT2D eigenvalue weighted by molar-refractivity contribution is 7.13. The summed E-state index contributed by atoms with van der Waals surface area (Å²) in [6.45, 7) is 1.49. The van der Waals surface area contributed by atoms with Crippen LogP contribution >= 0.6 is 11.3 Å². The molecule has 27 heavy (non-hydrogen) atoms. The van der Waals surface area contributed by atoms with Gasteiger partial charge in [-0.1, -0.05) is 6.07 Å². The molecule has 0 atom stereocenters. The molecule has 0 fully saturated rings. The molecule has 6 nitrogen and oxygen atoms in total. The molecule has 2 heterocycles. The van der Waals surface area contributed by atoms with Crippen LogP contribution in [0.2, 0.25) is 0 Å². The summed E-state index contributed by atoms with van der Waals surface area (Å²) in [5.41, 5.74) is 2.30. The molecule has 0 bridgehead atoms. The number of amides is 1. The minimum absolute atomic E-state index is 0.207. The highest BCUT2D eigenvalue weighted by Gasteiger charge is 2.14. The van der Waals surface area contributed by atoms with Crippen molar-refractivity contribution in [3.63, 3.8) is 0 Å². The van der Waals surface area contributed by atoms with Crippen LogP contribution in [0.3, 0.4) is 0 Å². The van der Waals surface area contributed by atoms with Crippen molar-refractivity contribution in [2.75, 3.05) is 20.3 Å². The monoisotopic (exact) mass is 382 g/mol. The molecule has 1 N–H and O–H groups in total. The van der Waals surface area contributed by atoms with Crippen molar-refractivity contribution in [2.24, 2.45) is 0 Å². The maximum absolute atomic E-state index is 12.4. The van der Waals surface area contributed by atoms with Crippen molar-refractivity contribution in [3.8, 4) is 27.8 Å². The SMILES string of the molecule is COc1ccc(-c2nc(C(=O)NCc3ccc4c(c3)OCCO4)cs2)cc1. The van der Waals surface area contributed by atoms with Crippen molar-refractivity contribution in [2.45, 2.75) is 6.54 Å². The van der Waals surface area contributed by atoms with Crippen molar-refractivity contribution < 1.29 is 19.0 Å². The van der Waals surface area contributed by atoms with Gasteiger partial charge in [0, 0.05) is 17.5 Å². The van der Waals surface area contributed by atoms with Crippen LogP contribution in [-0.4, -0.2) is 31.2 Å². The molecule has 0 aliphatic carbocycles. The number of carbonyl (C=O) groups is 1. The van der Waals surface area contributed by atoms with Crippen LogP contribution in [0.25, 0.3) is 10.6 Å². The van der Waals surface area contributed by atoms with E-state index in [-0.39, 0.29) is 5.91 Å². The average molecular weight is 382 g/mol.